The van der Waals surface area contributed by atoms with Gasteiger partial charge in [0, 0.05) is 11.4 Å². The third-order valence-electron chi connectivity index (χ3n) is 4.08. The lowest BCUT2D eigenvalue weighted by atomic mass is 10.1. The molecule has 3 rings (SSSR count). The number of amides is 1. The number of thioether (sulfide) groups is 1. The zero-order valence-corrected chi connectivity index (χ0v) is 18.4. The summed E-state index contributed by atoms with van der Waals surface area (Å²) in [5, 5.41) is 6.84. The molecule has 0 atom stereocenters. The molecule has 7 heteroatoms. The van der Waals surface area contributed by atoms with Gasteiger partial charge in [-0.2, -0.15) is 4.98 Å². The van der Waals surface area contributed by atoms with Crippen molar-refractivity contribution in [2.75, 3.05) is 6.54 Å². The van der Waals surface area contributed by atoms with E-state index in [1.54, 1.807) is 11.8 Å². The summed E-state index contributed by atoms with van der Waals surface area (Å²) in [6, 6.07) is 18.3. The molecule has 0 aliphatic rings. The van der Waals surface area contributed by atoms with Crippen LogP contribution >= 0.6 is 11.8 Å². The lowest BCUT2D eigenvalue weighted by Gasteiger charge is -2.19. The van der Waals surface area contributed by atoms with Crippen LogP contribution in [-0.4, -0.2) is 28.4 Å². The summed E-state index contributed by atoms with van der Waals surface area (Å²) in [5.74, 6) is 1.97. The van der Waals surface area contributed by atoms with E-state index in [1.807, 2.05) is 51.1 Å². The Morgan fingerprint density at radius 1 is 1.07 bits per heavy atom. The van der Waals surface area contributed by atoms with E-state index in [0.29, 0.717) is 30.4 Å². The predicted octanol–water partition coefficient (Wildman–Crippen LogP) is 5.02. The van der Waals surface area contributed by atoms with Crippen molar-refractivity contribution >= 4 is 17.9 Å². The highest BCUT2D eigenvalue weighted by Gasteiger charge is 2.15. The van der Waals surface area contributed by atoms with Crippen LogP contribution in [0.15, 0.2) is 64.0 Å². The molecular formula is C23H27N3O3S. The van der Waals surface area contributed by atoms with Crippen molar-refractivity contribution in [3.8, 4) is 0 Å². The highest BCUT2D eigenvalue weighted by molar-refractivity contribution is 7.98. The van der Waals surface area contributed by atoms with Crippen LogP contribution in [0.25, 0.3) is 0 Å². The average molecular weight is 426 g/mol. The molecule has 0 aliphatic carbocycles. The van der Waals surface area contributed by atoms with Crippen LogP contribution in [0.1, 0.15) is 43.6 Å². The third kappa shape index (κ3) is 7.55. The van der Waals surface area contributed by atoms with E-state index in [-0.39, 0.29) is 6.09 Å². The van der Waals surface area contributed by atoms with Crippen LogP contribution in [0.3, 0.4) is 0 Å². The topological polar surface area (TPSA) is 77.2 Å². The Kier molecular flexibility index (Phi) is 7.52. The summed E-state index contributed by atoms with van der Waals surface area (Å²) < 4.78 is 10.6. The second-order valence-electron chi connectivity index (χ2n) is 7.88. The van der Waals surface area contributed by atoms with E-state index in [9.17, 15) is 4.79 Å². The Labute approximate surface area is 181 Å². The van der Waals surface area contributed by atoms with Gasteiger partial charge in [-0.15, -0.1) is 11.8 Å². The largest absolute Gasteiger partial charge is 0.444 e. The van der Waals surface area contributed by atoms with Crippen LogP contribution in [0.2, 0.25) is 0 Å². The van der Waals surface area contributed by atoms with Crippen LogP contribution in [0.5, 0.6) is 0 Å². The van der Waals surface area contributed by atoms with Crippen molar-refractivity contribution in [1.82, 2.24) is 15.5 Å². The Morgan fingerprint density at radius 3 is 2.50 bits per heavy atom. The van der Waals surface area contributed by atoms with Gasteiger partial charge < -0.3 is 14.6 Å². The van der Waals surface area contributed by atoms with Gasteiger partial charge in [0.25, 0.3) is 0 Å². The van der Waals surface area contributed by atoms with Crippen LogP contribution in [-0.2, 0) is 23.3 Å². The lowest BCUT2D eigenvalue weighted by Crippen LogP contribution is -2.33. The van der Waals surface area contributed by atoms with Crippen LogP contribution < -0.4 is 5.32 Å². The standard InChI is InChI=1S/C23H27N3O3S/c1-23(2,3)28-22(27)24-14-13-17-9-11-19(12-10-17)30-16-20-25-21(29-26-20)15-18-7-5-4-6-8-18/h4-12H,13-16H2,1-3H3,(H,24,27). The van der Waals surface area contributed by atoms with Crippen molar-refractivity contribution in [2.45, 2.75) is 49.9 Å². The number of ether oxygens (including phenoxy) is 1. The monoisotopic (exact) mass is 425 g/mol. The van der Waals surface area contributed by atoms with Gasteiger partial charge in [-0.3, -0.25) is 0 Å². The van der Waals surface area contributed by atoms with Crippen LogP contribution in [0.4, 0.5) is 4.79 Å². The van der Waals surface area contributed by atoms with Crippen molar-refractivity contribution in [3.63, 3.8) is 0 Å². The van der Waals surface area contributed by atoms with Crippen molar-refractivity contribution in [1.29, 1.82) is 0 Å². The molecule has 0 radical (unpaired) electrons. The first-order valence-corrected chi connectivity index (χ1v) is 10.9. The summed E-state index contributed by atoms with van der Waals surface area (Å²) in [5.41, 5.74) is 1.82. The molecule has 6 nitrogen and oxygen atoms in total. The average Bonchev–Trinajstić information content (AvgIpc) is 3.14. The molecule has 1 N–H and O–H groups in total. The molecule has 3 aromatic rings. The van der Waals surface area contributed by atoms with E-state index >= 15 is 0 Å². The highest BCUT2D eigenvalue weighted by atomic mass is 32.2. The van der Waals surface area contributed by atoms with E-state index < -0.39 is 5.60 Å². The van der Waals surface area contributed by atoms with Crippen LogP contribution in [0, 0.1) is 0 Å². The minimum atomic E-state index is -0.482. The summed E-state index contributed by atoms with van der Waals surface area (Å²) in [7, 11) is 0. The van der Waals surface area contributed by atoms with Gasteiger partial charge in [-0.25, -0.2) is 4.79 Å². The molecule has 0 unspecified atom stereocenters. The lowest BCUT2D eigenvalue weighted by molar-refractivity contribution is 0.0528. The number of nitrogens with one attached hydrogen (secondary N) is 1. The van der Waals surface area contributed by atoms with Crippen molar-refractivity contribution in [2.24, 2.45) is 0 Å². The Morgan fingerprint density at radius 2 is 1.80 bits per heavy atom. The van der Waals surface area contributed by atoms with Gasteiger partial charge in [-0.05, 0) is 50.5 Å². The molecule has 158 valence electrons. The molecule has 2 aromatic carbocycles. The van der Waals surface area contributed by atoms with Gasteiger partial charge in [0.1, 0.15) is 5.60 Å². The van der Waals surface area contributed by atoms with Crippen molar-refractivity contribution < 1.29 is 14.1 Å². The number of carbonyl (C=O) groups excluding carboxylic acids is 1. The minimum Gasteiger partial charge on any atom is -0.444 e. The van der Waals surface area contributed by atoms with Crippen molar-refractivity contribution in [3.05, 3.63) is 77.4 Å². The minimum absolute atomic E-state index is 0.388. The normalized spacial score (nSPS) is 11.3. The quantitative estimate of drug-likeness (QED) is 0.511. The maximum Gasteiger partial charge on any atom is 0.407 e. The second-order valence-corrected chi connectivity index (χ2v) is 8.93. The zero-order chi connectivity index (χ0) is 21.4. The van der Waals surface area contributed by atoms with Gasteiger partial charge >= 0.3 is 6.09 Å². The number of aromatic nitrogens is 2. The molecule has 0 aliphatic heterocycles. The SMILES string of the molecule is CC(C)(C)OC(=O)NCCc1ccc(SCc2noc(Cc3ccccc3)n2)cc1. The maximum absolute atomic E-state index is 11.7. The first kappa shape index (κ1) is 21.9. The van der Waals surface area contributed by atoms with E-state index in [0.717, 1.165) is 22.4 Å². The summed E-state index contributed by atoms with van der Waals surface area (Å²) in [6.07, 6.45) is 1.00. The van der Waals surface area contributed by atoms with Gasteiger partial charge in [-0.1, -0.05) is 47.6 Å². The Bertz CT molecular complexity index is 934. The van der Waals surface area contributed by atoms with Gasteiger partial charge in [0.2, 0.25) is 5.89 Å². The smallest absolute Gasteiger partial charge is 0.407 e. The molecule has 1 aromatic heterocycles. The summed E-state index contributed by atoms with van der Waals surface area (Å²) >= 11 is 1.66. The maximum atomic E-state index is 11.7. The summed E-state index contributed by atoms with van der Waals surface area (Å²) in [6.45, 7) is 6.08. The fourth-order valence-corrected chi connectivity index (χ4v) is 3.46. The molecule has 0 saturated heterocycles. The molecular weight excluding hydrogens is 398 g/mol. The first-order chi connectivity index (χ1) is 14.4. The summed E-state index contributed by atoms with van der Waals surface area (Å²) in [4.78, 5) is 17.3. The molecule has 0 fully saturated rings. The predicted molar refractivity (Wildman–Crippen MR) is 117 cm³/mol. The number of hydrogen-bond donors (Lipinski definition) is 1. The van der Waals surface area contributed by atoms with E-state index in [4.69, 9.17) is 9.26 Å². The number of nitrogens with zero attached hydrogens (tertiary/aromatic N) is 2. The number of alkyl carbamates (subject to hydrolysis) is 1. The molecule has 0 saturated carbocycles. The second kappa shape index (κ2) is 10.3. The third-order valence-corrected chi connectivity index (χ3v) is 5.09. The number of rotatable bonds is 8. The highest BCUT2D eigenvalue weighted by Crippen LogP contribution is 2.22. The molecule has 1 heterocycles. The Hall–Kier alpha value is -2.80. The molecule has 1 amide bonds. The number of hydrogen-bond acceptors (Lipinski definition) is 6. The van der Waals surface area contributed by atoms with Gasteiger partial charge in [0.05, 0.1) is 12.2 Å². The molecule has 0 spiro atoms. The van der Waals surface area contributed by atoms with Gasteiger partial charge in [0.15, 0.2) is 5.82 Å². The molecule has 0 bridgehead atoms. The Balaban J connectivity index is 1.41. The van der Waals surface area contributed by atoms with E-state index in [1.165, 1.54) is 0 Å². The fraction of sp³-hybridized carbons (Fsp3) is 0.348. The molecule has 30 heavy (non-hydrogen) atoms. The first-order valence-electron chi connectivity index (χ1n) is 9.91. The zero-order valence-electron chi connectivity index (χ0n) is 17.6. The number of carbonyl (C=O) groups is 1. The number of benzene rings is 2. The van der Waals surface area contributed by atoms with E-state index in [2.05, 4.69) is 39.7 Å². The fourth-order valence-electron chi connectivity index (χ4n) is 2.71.